The van der Waals surface area contributed by atoms with E-state index in [0.29, 0.717) is 25.3 Å². The van der Waals surface area contributed by atoms with E-state index in [4.69, 9.17) is 4.74 Å². The van der Waals surface area contributed by atoms with E-state index in [1.807, 2.05) is 29.2 Å². The lowest BCUT2D eigenvalue weighted by Gasteiger charge is -2.34. The van der Waals surface area contributed by atoms with Crippen molar-refractivity contribution in [1.29, 1.82) is 0 Å². The molecule has 0 aliphatic carbocycles. The maximum atomic E-state index is 13.0. The molecule has 164 valence electrons. The Bertz CT molecular complexity index is 972. The van der Waals surface area contributed by atoms with Crippen LogP contribution in [0.4, 0.5) is 5.69 Å². The summed E-state index contributed by atoms with van der Waals surface area (Å²) in [4.78, 5) is 29.0. The standard InChI is InChI=1S/C23H29N5O3/c29-21(11-14-27-18-8-3-4-9-19(18)31-16-22(27)30)26-12-6-7-17(15-26)23-25-24-20-10-2-1-5-13-28(20)23/h3-4,8-9,17H,1-2,5-7,10-16H2. The molecule has 1 atom stereocenters. The van der Waals surface area contributed by atoms with Crippen molar-refractivity contribution >= 4 is 17.5 Å². The number of piperidine rings is 1. The summed E-state index contributed by atoms with van der Waals surface area (Å²) in [5.41, 5.74) is 0.745. The van der Waals surface area contributed by atoms with E-state index in [0.717, 1.165) is 49.7 Å². The van der Waals surface area contributed by atoms with Crippen LogP contribution in [0.1, 0.15) is 56.1 Å². The Labute approximate surface area is 182 Å². The van der Waals surface area contributed by atoms with Gasteiger partial charge in [0.2, 0.25) is 5.91 Å². The Kier molecular flexibility index (Phi) is 5.61. The first-order valence-corrected chi connectivity index (χ1v) is 11.4. The van der Waals surface area contributed by atoms with Crippen LogP contribution in [-0.4, -0.2) is 57.7 Å². The molecule has 1 fully saturated rings. The molecule has 0 bridgehead atoms. The smallest absolute Gasteiger partial charge is 0.265 e. The number of carbonyl (C=O) groups excluding carboxylic acids is 2. The van der Waals surface area contributed by atoms with E-state index in [-0.39, 0.29) is 24.3 Å². The fourth-order valence-corrected chi connectivity index (χ4v) is 4.99. The molecule has 3 aliphatic heterocycles. The second kappa shape index (κ2) is 8.69. The van der Waals surface area contributed by atoms with Gasteiger partial charge in [0.15, 0.2) is 6.61 Å². The van der Waals surface area contributed by atoms with Crippen molar-refractivity contribution in [1.82, 2.24) is 19.7 Å². The number of hydrogen-bond acceptors (Lipinski definition) is 5. The molecular weight excluding hydrogens is 394 g/mol. The lowest BCUT2D eigenvalue weighted by atomic mass is 9.96. The minimum absolute atomic E-state index is 0.0228. The first-order chi connectivity index (χ1) is 15.2. The van der Waals surface area contributed by atoms with Crippen LogP contribution in [0.3, 0.4) is 0 Å². The monoisotopic (exact) mass is 423 g/mol. The third-order valence-corrected chi connectivity index (χ3v) is 6.63. The van der Waals surface area contributed by atoms with Crippen molar-refractivity contribution in [2.24, 2.45) is 0 Å². The van der Waals surface area contributed by atoms with Crippen molar-refractivity contribution in [3.8, 4) is 5.75 Å². The number of aromatic nitrogens is 3. The molecule has 0 N–H and O–H groups in total. The van der Waals surface area contributed by atoms with Crippen LogP contribution in [0.15, 0.2) is 24.3 Å². The Morgan fingerprint density at radius 1 is 1.10 bits per heavy atom. The summed E-state index contributed by atoms with van der Waals surface area (Å²) in [7, 11) is 0. The van der Waals surface area contributed by atoms with Gasteiger partial charge in [0.05, 0.1) is 5.69 Å². The number of nitrogens with zero attached hydrogens (tertiary/aromatic N) is 5. The first-order valence-electron chi connectivity index (χ1n) is 11.4. The number of likely N-dealkylation sites (tertiary alicyclic amines) is 1. The zero-order valence-corrected chi connectivity index (χ0v) is 17.8. The van der Waals surface area contributed by atoms with Gasteiger partial charge < -0.3 is 19.1 Å². The average molecular weight is 424 g/mol. The lowest BCUT2D eigenvalue weighted by molar-refractivity contribution is -0.132. The third kappa shape index (κ3) is 4.03. The highest BCUT2D eigenvalue weighted by molar-refractivity contribution is 5.98. The van der Waals surface area contributed by atoms with Gasteiger partial charge in [-0.05, 0) is 37.8 Å². The predicted octanol–water partition coefficient (Wildman–Crippen LogP) is 2.53. The SMILES string of the molecule is O=C(CCN1C(=O)COc2ccccc21)N1CCCC(c2nnc3n2CCCCC3)C1. The van der Waals surface area contributed by atoms with Crippen LogP contribution in [0.25, 0.3) is 0 Å². The van der Waals surface area contributed by atoms with Gasteiger partial charge in [-0.15, -0.1) is 10.2 Å². The Morgan fingerprint density at radius 3 is 2.94 bits per heavy atom. The van der Waals surface area contributed by atoms with Gasteiger partial charge >= 0.3 is 0 Å². The maximum absolute atomic E-state index is 13.0. The number of fused-ring (bicyclic) bond motifs is 2. The zero-order valence-electron chi connectivity index (χ0n) is 17.8. The zero-order chi connectivity index (χ0) is 21.2. The molecular formula is C23H29N5O3. The number of rotatable bonds is 4. The summed E-state index contributed by atoms with van der Waals surface area (Å²) >= 11 is 0. The lowest BCUT2D eigenvalue weighted by Crippen LogP contribution is -2.44. The molecule has 1 saturated heterocycles. The molecule has 0 saturated carbocycles. The summed E-state index contributed by atoms with van der Waals surface area (Å²) in [6.45, 7) is 2.84. The summed E-state index contributed by atoms with van der Waals surface area (Å²) in [5, 5.41) is 8.96. The number of ether oxygens (including phenoxy) is 1. The van der Waals surface area contributed by atoms with Gasteiger partial charge in [-0.1, -0.05) is 18.6 Å². The van der Waals surface area contributed by atoms with E-state index in [9.17, 15) is 9.59 Å². The molecule has 1 unspecified atom stereocenters. The van der Waals surface area contributed by atoms with Gasteiger partial charge in [0.25, 0.3) is 5.91 Å². The van der Waals surface area contributed by atoms with Crippen LogP contribution in [0.2, 0.25) is 0 Å². The number of benzene rings is 1. The van der Waals surface area contributed by atoms with Crippen molar-refractivity contribution in [2.45, 2.75) is 57.4 Å². The number of amides is 2. The molecule has 1 aromatic heterocycles. The van der Waals surface area contributed by atoms with Gasteiger partial charge in [0.1, 0.15) is 17.4 Å². The quantitative estimate of drug-likeness (QED) is 0.755. The molecule has 5 rings (SSSR count). The number of anilines is 1. The highest BCUT2D eigenvalue weighted by atomic mass is 16.5. The second-order valence-corrected chi connectivity index (χ2v) is 8.67. The van der Waals surface area contributed by atoms with Crippen LogP contribution in [-0.2, 0) is 22.6 Å². The third-order valence-electron chi connectivity index (χ3n) is 6.63. The maximum Gasteiger partial charge on any atom is 0.265 e. The summed E-state index contributed by atoms with van der Waals surface area (Å²) in [6, 6.07) is 7.49. The molecule has 2 aromatic rings. The average Bonchev–Trinajstić information content (AvgIpc) is 3.06. The van der Waals surface area contributed by atoms with Crippen LogP contribution >= 0.6 is 0 Å². The van der Waals surface area contributed by atoms with E-state index in [2.05, 4.69) is 14.8 Å². The molecule has 0 spiro atoms. The van der Waals surface area contributed by atoms with E-state index < -0.39 is 0 Å². The molecule has 8 nitrogen and oxygen atoms in total. The molecule has 4 heterocycles. The molecule has 3 aliphatic rings. The van der Waals surface area contributed by atoms with Crippen LogP contribution in [0, 0.1) is 0 Å². The highest BCUT2D eigenvalue weighted by Gasteiger charge is 2.31. The van der Waals surface area contributed by atoms with Crippen molar-refractivity contribution in [2.75, 3.05) is 31.1 Å². The summed E-state index contributed by atoms with van der Waals surface area (Å²) in [6.07, 6.45) is 6.90. The Balaban J connectivity index is 1.24. The number of carbonyl (C=O) groups is 2. The summed E-state index contributed by atoms with van der Waals surface area (Å²) < 4.78 is 7.80. The molecule has 31 heavy (non-hydrogen) atoms. The van der Waals surface area contributed by atoms with E-state index in [1.54, 1.807) is 4.90 Å². The van der Waals surface area contributed by atoms with Gasteiger partial charge in [-0.3, -0.25) is 9.59 Å². The molecule has 8 heteroatoms. The van der Waals surface area contributed by atoms with Gasteiger partial charge in [0, 0.05) is 44.9 Å². The second-order valence-electron chi connectivity index (χ2n) is 8.67. The van der Waals surface area contributed by atoms with Crippen molar-refractivity contribution in [3.05, 3.63) is 35.9 Å². The summed E-state index contributed by atoms with van der Waals surface area (Å²) in [5.74, 6) is 3.07. The highest BCUT2D eigenvalue weighted by Crippen LogP contribution is 2.32. The largest absolute Gasteiger partial charge is 0.482 e. The van der Waals surface area contributed by atoms with Gasteiger partial charge in [-0.2, -0.15) is 0 Å². The van der Waals surface area contributed by atoms with Crippen molar-refractivity contribution < 1.29 is 14.3 Å². The fraction of sp³-hybridized carbons (Fsp3) is 0.565. The van der Waals surface area contributed by atoms with E-state index >= 15 is 0 Å². The predicted molar refractivity (Wildman–Crippen MR) is 115 cm³/mol. The Morgan fingerprint density at radius 2 is 2.00 bits per heavy atom. The van der Waals surface area contributed by atoms with Gasteiger partial charge in [-0.25, -0.2) is 0 Å². The van der Waals surface area contributed by atoms with Crippen LogP contribution in [0.5, 0.6) is 5.75 Å². The number of para-hydroxylation sites is 2. The van der Waals surface area contributed by atoms with Crippen LogP contribution < -0.4 is 9.64 Å². The first kappa shape index (κ1) is 20.0. The molecule has 0 radical (unpaired) electrons. The number of aryl methyl sites for hydroxylation is 1. The number of hydrogen-bond donors (Lipinski definition) is 0. The minimum atomic E-state index is -0.103. The Hall–Kier alpha value is -2.90. The minimum Gasteiger partial charge on any atom is -0.482 e. The fourth-order valence-electron chi connectivity index (χ4n) is 4.99. The topological polar surface area (TPSA) is 80.6 Å². The molecule has 2 amide bonds. The van der Waals surface area contributed by atoms with E-state index in [1.165, 1.54) is 19.3 Å². The van der Waals surface area contributed by atoms with Crippen molar-refractivity contribution in [3.63, 3.8) is 0 Å². The molecule has 1 aromatic carbocycles. The normalized spacial score (nSPS) is 21.2.